The van der Waals surface area contributed by atoms with E-state index in [4.69, 9.17) is 0 Å². The van der Waals surface area contributed by atoms with Gasteiger partial charge in [0.15, 0.2) is 0 Å². The Bertz CT molecular complexity index is 788. The molecule has 0 heterocycles. The van der Waals surface area contributed by atoms with Crippen molar-refractivity contribution < 1.29 is 9.59 Å². The van der Waals surface area contributed by atoms with Gasteiger partial charge in [0.2, 0.25) is 11.8 Å². The normalized spacial score (nSPS) is 11.8. The average Bonchev–Trinajstić information content (AvgIpc) is 2.79. The lowest BCUT2D eigenvalue weighted by atomic mass is 10.1. The lowest BCUT2D eigenvalue weighted by molar-refractivity contribution is -0.123. The molecule has 0 saturated carbocycles. The van der Waals surface area contributed by atoms with Crippen LogP contribution in [0.25, 0.3) is 0 Å². The molecule has 0 aliphatic carbocycles. The summed E-state index contributed by atoms with van der Waals surface area (Å²) in [5.74, 6) is -0.291. The van der Waals surface area contributed by atoms with Gasteiger partial charge in [0.25, 0.3) is 0 Å². The predicted molar refractivity (Wildman–Crippen MR) is 121 cm³/mol. The fourth-order valence-electron chi connectivity index (χ4n) is 2.90. The van der Waals surface area contributed by atoms with Crippen LogP contribution in [0.4, 0.5) is 0 Å². The van der Waals surface area contributed by atoms with Gasteiger partial charge >= 0.3 is 0 Å². The second-order valence-corrected chi connectivity index (χ2v) is 6.83. The highest BCUT2D eigenvalue weighted by Crippen LogP contribution is 2.06. The Balaban J connectivity index is 1.70. The molecule has 0 bridgehead atoms. The maximum atomic E-state index is 12.0. The quantitative estimate of drug-likeness (QED) is 0.329. The molecule has 0 saturated heterocycles. The number of hydrogen-bond acceptors (Lipinski definition) is 4. The molecule has 6 heteroatoms. The molecule has 2 aromatic rings. The van der Waals surface area contributed by atoms with Crippen LogP contribution in [-0.2, 0) is 9.59 Å². The molecule has 0 spiro atoms. The van der Waals surface area contributed by atoms with Crippen molar-refractivity contribution >= 4 is 23.2 Å². The number of carbonyl (C=O) groups is 2. The van der Waals surface area contributed by atoms with Gasteiger partial charge in [0.1, 0.15) is 0 Å². The summed E-state index contributed by atoms with van der Waals surface area (Å²) in [7, 11) is 0. The van der Waals surface area contributed by atoms with Gasteiger partial charge in [0.05, 0.1) is 11.4 Å². The molecule has 0 aliphatic rings. The third-order valence-corrected chi connectivity index (χ3v) is 4.57. The molecule has 2 rings (SSSR count). The predicted octanol–water partition coefficient (Wildman–Crippen LogP) is 4.41. The minimum Gasteiger partial charge on any atom is -0.273 e. The summed E-state index contributed by atoms with van der Waals surface area (Å²) in [6.45, 7) is 4.00. The molecule has 6 nitrogen and oxygen atoms in total. The Morgan fingerprint density at radius 2 is 1.03 bits per heavy atom. The number of nitrogens with zero attached hydrogens (tertiary/aromatic N) is 2. The van der Waals surface area contributed by atoms with Crippen molar-refractivity contribution in [1.29, 1.82) is 0 Å². The maximum Gasteiger partial charge on any atom is 0.240 e. The van der Waals surface area contributed by atoms with Gasteiger partial charge in [-0.3, -0.25) is 9.59 Å². The van der Waals surface area contributed by atoms with Gasteiger partial charge in [-0.05, 0) is 36.8 Å². The van der Waals surface area contributed by atoms with Crippen molar-refractivity contribution in [3.05, 3.63) is 71.8 Å². The molecule has 2 amide bonds. The van der Waals surface area contributed by atoms with Crippen molar-refractivity contribution in [1.82, 2.24) is 10.9 Å². The van der Waals surface area contributed by atoms with Gasteiger partial charge in [-0.15, -0.1) is 0 Å². The highest BCUT2D eigenvalue weighted by molar-refractivity contribution is 6.01. The van der Waals surface area contributed by atoms with Crippen LogP contribution in [0.2, 0.25) is 0 Å². The third-order valence-electron chi connectivity index (χ3n) is 4.57. The Labute approximate surface area is 178 Å². The summed E-state index contributed by atoms with van der Waals surface area (Å²) in [6, 6.07) is 19.6. The van der Waals surface area contributed by atoms with E-state index in [9.17, 15) is 9.59 Å². The van der Waals surface area contributed by atoms with Crippen LogP contribution in [0, 0.1) is 0 Å². The first-order valence-electron chi connectivity index (χ1n) is 10.5. The van der Waals surface area contributed by atoms with Crippen molar-refractivity contribution in [2.75, 3.05) is 0 Å². The Kier molecular flexibility index (Phi) is 10.00. The zero-order chi connectivity index (χ0) is 21.6. The first kappa shape index (κ1) is 23.0. The van der Waals surface area contributed by atoms with Gasteiger partial charge in [0, 0.05) is 12.8 Å². The van der Waals surface area contributed by atoms with E-state index in [1.807, 2.05) is 74.5 Å². The highest BCUT2D eigenvalue weighted by atomic mass is 16.2. The minimum atomic E-state index is -0.146. The summed E-state index contributed by atoms with van der Waals surface area (Å²) >= 11 is 0. The fourth-order valence-corrected chi connectivity index (χ4v) is 2.90. The van der Waals surface area contributed by atoms with Gasteiger partial charge in [-0.25, -0.2) is 10.9 Å². The van der Waals surface area contributed by atoms with Crippen LogP contribution >= 0.6 is 0 Å². The zero-order valence-corrected chi connectivity index (χ0v) is 17.7. The van der Waals surface area contributed by atoms with Crippen LogP contribution in [0.5, 0.6) is 0 Å². The lowest BCUT2D eigenvalue weighted by Gasteiger charge is -2.06. The van der Waals surface area contributed by atoms with E-state index in [-0.39, 0.29) is 11.8 Å². The summed E-state index contributed by atoms with van der Waals surface area (Å²) < 4.78 is 0. The summed E-state index contributed by atoms with van der Waals surface area (Å²) in [5, 5.41) is 8.47. The average molecular weight is 407 g/mol. The van der Waals surface area contributed by atoms with E-state index in [2.05, 4.69) is 21.1 Å². The molecule has 2 aromatic carbocycles. The van der Waals surface area contributed by atoms with Crippen LogP contribution in [0.1, 0.15) is 63.5 Å². The maximum absolute atomic E-state index is 12.0. The van der Waals surface area contributed by atoms with E-state index in [0.717, 1.165) is 35.4 Å². The second-order valence-electron chi connectivity index (χ2n) is 6.83. The summed E-state index contributed by atoms with van der Waals surface area (Å²) in [4.78, 5) is 24.0. The molecule has 0 atom stereocenters. The van der Waals surface area contributed by atoms with Crippen molar-refractivity contribution in [2.24, 2.45) is 10.2 Å². The Morgan fingerprint density at radius 3 is 1.37 bits per heavy atom. The molecule has 0 radical (unpaired) electrons. The molecule has 0 fully saturated rings. The topological polar surface area (TPSA) is 82.9 Å². The molecule has 0 aliphatic heterocycles. The molecule has 2 N–H and O–H groups in total. The molecular formula is C24H30N4O2. The number of hydrazone groups is 2. The molecule has 158 valence electrons. The number of unbranched alkanes of at least 4 members (excludes halogenated alkanes) is 1. The van der Waals surface area contributed by atoms with Gasteiger partial charge in [-0.1, -0.05) is 74.5 Å². The highest BCUT2D eigenvalue weighted by Gasteiger charge is 2.06. The first-order valence-corrected chi connectivity index (χ1v) is 10.5. The summed E-state index contributed by atoms with van der Waals surface area (Å²) in [5.41, 5.74) is 8.90. The second kappa shape index (κ2) is 13.0. The molecule has 30 heavy (non-hydrogen) atoms. The van der Waals surface area contributed by atoms with Crippen molar-refractivity contribution in [2.45, 2.75) is 52.4 Å². The smallest absolute Gasteiger partial charge is 0.240 e. The standard InChI is InChI=1S/C24H30N4O2/c1-3-21(19-13-7-5-8-14-19)25-27-23(29)17-11-12-18-24(30)28-26-22(4-2)20-15-9-6-10-16-20/h5-10,13-16H,3-4,11-12,17-18H2,1-2H3,(H,27,29)(H,28,30). The summed E-state index contributed by atoms with van der Waals surface area (Å²) in [6.07, 6.45) is 3.35. The monoisotopic (exact) mass is 406 g/mol. The van der Waals surface area contributed by atoms with Crippen LogP contribution in [-0.4, -0.2) is 23.2 Å². The van der Waals surface area contributed by atoms with E-state index in [0.29, 0.717) is 25.7 Å². The lowest BCUT2D eigenvalue weighted by Crippen LogP contribution is -2.21. The van der Waals surface area contributed by atoms with Crippen LogP contribution < -0.4 is 10.9 Å². The van der Waals surface area contributed by atoms with E-state index in [1.54, 1.807) is 0 Å². The third kappa shape index (κ3) is 7.99. The van der Waals surface area contributed by atoms with Crippen LogP contribution in [0.3, 0.4) is 0 Å². The molecular weight excluding hydrogens is 376 g/mol. The number of hydrogen-bond donors (Lipinski definition) is 2. The fraction of sp³-hybridized carbons (Fsp3) is 0.333. The van der Waals surface area contributed by atoms with Gasteiger partial charge < -0.3 is 0 Å². The Hall–Kier alpha value is -3.28. The number of benzene rings is 2. The van der Waals surface area contributed by atoms with E-state index in [1.165, 1.54) is 0 Å². The molecule has 0 unspecified atom stereocenters. The number of rotatable bonds is 11. The minimum absolute atomic E-state index is 0.146. The Morgan fingerprint density at radius 1 is 0.667 bits per heavy atom. The number of carbonyl (C=O) groups excluding carboxylic acids is 2. The largest absolute Gasteiger partial charge is 0.273 e. The van der Waals surface area contributed by atoms with E-state index >= 15 is 0 Å². The SMILES string of the molecule is CCC(=NNC(=O)CCCCC(=O)NN=C(CC)c1ccccc1)c1ccccc1. The van der Waals surface area contributed by atoms with E-state index < -0.39 is 0 Å². The van der Waals surface area contributed by atoms with Crippen LogP contribution in [0.15, 0.2) is 70.9 Å². The number of nitrogens with one attached hydrogen (secondary N) is 2. The first-order chi connectivity index (χ1) is 14.6. The van der Waals surface area contributed by atoms with Crippen molar-refractivity contribution in [3.63, 3.8) is 0 Å². The molecule has 0 aromatic heterocycles. The van der Waals surface area contributed by atoms with Crippen molar-refractivity contribution in [3.8, 4) is 0 Å². The van der Waals surface area contributed by atoms with Gasteiger partial charge in [-0.2, -0.15) is 10.2 Å². The number of amides is 2. The zero-order valence-electron chi connectivity index (χ0n) is 17.7.